The van der Waals surface area contributed by atoms with Gasteiger partial charge in [-0.1, -0.05) is 65.7 Å². The van der Waals surface area contributed by atoms with Gasteiger partial charge in [-0.25, -0.2) is 13.2 Å². The summed E-state index contributed by atoms with van der Waals surface area (Å²) in [6.45, 7) is 3.76. The van der Waals surface area contributed by atoms with Crippen molar-refractivity contribution in [3.8, 4) is 6.07 Å². The summed E-state index contributed by atoms with van der Waals surface area (Å²) in [6, 6.07) is 21.0. The first kappa shape index (κ1) is 23.4. The van der Waals surface area contributed by atoms with Crippen molar-refractivity contribution in [1.82, 2.24) is 4.31 Å². The van der Waals surface area contributed by atoms with E-state index in [-0.39, 0.29) is 16.9 Å². The molecule has 2 atom stereocenters. The molecule has 1 N–H and O–H groups in total. The monoisotopic (exact) mass is 472 g/mol. The number of hydrogen-bond donors (Lipinski definition) is 1. The van der Waals surface area contributed by atoms with Gasteiger partial charge in [0.2, 0.25) is 10.0 Å². The highest BCUT2D eigenvalue weighted by Crippen LogP contribution is 2.45. The first-order valence-corrected chi connectivity index (χ1v) is 12.3. The number of hydrogen-bond acceptors (Lipinski definition) is 4. The Balaban J connectivity index is 1.97. The first-order valence-electron chi connectivity index (χ1n) is 10.8. The molecule has 6 nitrogen and oxygen atoms in total. The molecule has 0 saturated carbocycles. The minimum absolute atomic E-state index is 0.0196. The van der Waals surface area contributed by atoms with E-state index in [2.05, 4.69) is 6.07 Å². The molecule has 0 fully saturated rings. The molecule has 0 unspecified atom stereocenters. The molecule has 7 heteroatoms. The third kappa shape index (κ3) is 4.38. The summed E-state index contributed by atoms with van der Waals surface area (Å²) in [4.78, 5) is 12.4. The molecule has 0 bridgehead atoms. The van der Waals surface area contributed by atoms with Crippen LogP contribution >= 0.6 is 0 Å². The third-order valence-corrected chi connectivity index (χ3v) is 7.93. The second kappa shape index (κ2) is 9.26. The van der Waals surface area contributed by atoms with Crippen LogP contribution in [0.2, 0.25) is 0 Å². The predicted octanol–water partition coefficient (Wildman–Crippen LogP) is 5.06. The molecule has 0 aromatic heterocycles. The van der Waals surface area contributed by atoms with E-state index in [1.165, 1.54) is 4.31 Å². The van der Waals surface area contributed by atoms with Gasteiger partial charge in [-0.05, 0) is 55.7 Å². The standard InChI is InChI=1S/C27H24N2O4S/c1-18-6-12-23(13-7-18)34(32,33)29-25(21-10-8-20(17-28)9-11-21)15-14-24(27(30)31)26(29)22-5-3-4-19(2)16-22/h3-14,16,25-26H,15H2,1-2H3,(H,30,31)/t25-,26-/m0/s1. The number of rotatable bonds is 5. The van der Waals surface area contributed by atoms with Crippen LogP contribution in [0.15, 0.2) is 89.3 Å². The predicted molar refractivity (Wildman–Crippen MR) is 128 cm³/mol. The van der Waals surface area contributed by atoms with Crippen LogP contribution in [0, 0.1) is 25.2 Å². The molecule has 0 amide bonds. The normalized spacial score (nSPS) is 18.7. The lowest BCUT2D eigenvalue weighted by Gasteiger charge is -2.40. The average Bonchev–Trinajstić information content (AvgIpc) is 2.83. The highest BCUT2D eigenvalue weighted by Gasteiger charge is 2.44. The van der Waals surface area contributed by atoms with Gasteiger partial charge in [0.15, 0.2) is 0 Å². The van der Waals surface area contributed by atoms with E-state index in [0.717, 1.165) is 11.1 Å². The Bertz CT molecular complexity index is 1400. The van der Waals surface area contributed by atoms with E-state index in [9.17, 15) is 23.6 Å². The lowest BCUT2D eigenvalue weighted by Crippen LogP contribution is -2.42. The molecule has 3 aromatic carbocycles. The van der Waals surface area contributed by atoms with Gasteiger partial charge in [-0.15, -0.1) is 0 Å². The second-order valence-corrected chi connectivity index (χ2v) is 10.3. The molecule has 0 radical (unpaired) electrons. The van der Waals surface area contributed by atoms with E-state index < -0.39 is 28.1 Å². The Morgan fingerprint density at radius 1 is 0.971 bits per heavy atom. The van der Waals surface area contributed by atoms with Gasteiger partial charge in [0.25, 0.3) is 0 Å². The van der Waals surface area contributed by atoms with Gasteiger partial charge in [0.05, 0.1) is 34.2 Å². The molecule has 172 valence electrons. The zero-order valence-electron chi connectivity index (χ0n) is 18.8. The Morgan fingerprint density at radius 3 is 2.24 bits per heavy atom. The van der Waals surface area contributed by atoms with E-state index in [0.29, 0.717) is 16.7 Å². The molecular formula is C27H24N2O4S. The molecule has 1 aliphatic heterocycles. The number of benzene rings is 3. The molecule has 0 saturated heterocycles. The minimum atomic E-state index is -4.10. The molecular weight excluding hydrogens is 448 g/mol. The van der Waals surface area contributed by atoms with Crippen LogP contribution in [-0.4, -0.2) is 23.8 Å². The molecule has 1 aliphatic rings. The fourth-order valence-electron chi connectivity index (χ4n) is 4.34. The number of nitriles is 1. The number of carboxylic acid groups (broad SMARTS) is 1. The van der Waals surface area contributed by atoms with Gasteiger partial charge < -0.3 is 5.11 Å². The summed E-state index contributed by atoms with van der Waals surface area (Å²) in [7, 11) is -4.10. The third-order valence-electron chi connectivity index (χ3n) is 6.04. The van der Waals surface area contributed by atoms with Crippen LogP contribution in [-0.2, 0) is 14.8 Å². The molecule has 0 aliphatic carbocycles. The lowest BCUT2D eigenvalue weighted by atomic mass is 9.88. The SMILES string of the molecule is Cc1ccc(S(=O)(=O)N2[C@@H](c3cccc(C)c3)C(C(=O)O)=CC[C@H]2c2ccc(C#N)cc2)cc1. The topological polar surface area (TPSA) is 98.5 Å². The quantitative estimate of drug-likeness (QED) is 0.559. The Hall–Kier alpha value is -3.73. The first-order chi connectivity index (χ1) is 16.2. The van der Waals surface area contributed by atoms with E-state index in [1.807, 2.05) is 26.0 Å². The van der Waals surface area contributed by atoms with Crippen LogP contribution < -0.4 is 0 Å². The summed E-state index contributed by atoms with van der Waals surface area (Å²) < 4.78 is 29.5. The molecule has 1 heterocycles. The zero-order valence-corrected chi connectivity index (χ0v) is 19.7. The van der Waals surface area contributed by atoms with Crippen molar-refractivity contribution < 1.29 is 18.3 Å². The highest BCUT2D eigenvalue weighted by atomic mass is 32.2. The molecule has 4 rings (SSSR count). The van der Waals surface area contributed by atoms with Gasteiger partial charge in [-0.2, -0.15) is 9.57 Å². The maximum atomic E-state index is 14.1. The number of aliphatic carboxylic acids is 1. The number of aryl methyl sites for hydroxylation is 2. The van der Waals surface area contributed by atoms with E-state index >= 15 is 0 Å². The summed E-state index contributed by atoms with van der Waals surface area (Å²) >= 11 is 0. The number of nitrogens with zero attached hydrogens (tertiary/aromatic N) is 2. The van der Waals surface area contributed by atoms with Crippen molar-refractivity contribution in [2.45, 2.75) is 37.2 Å². The van der Waals surface area contributed by atoms with Crippen LogP contribution in [0.4, 0.5) is 0 Å². The second-order valence-electron chi connectivity index (χ2n) is 8.41. The van der Waals surface area contributed by atoms with Gasteiger partial charge in [-0.3, -0.25) is 0 Å². The molecule has 3 aromatic rings. The lowest BCUT2D eigenvalue weighted by molar-refractivity contribution is -0.133. The molecule has 34 heavy (non-hydrogen) atoms. The van der Waals surface area contributed by atoms with E-state index in [1.54, 1.807) is 66.7 Å². The fourth-order valence-corrected chi connectivity index (χ4v) is 6.12. The molecule has 0 spiro atoms. The summed E-state index contributed by atoms with van der Waals surface area (Å²) in [6.07, 6.45) is 1.81. The fraction of sp³-hybridized carbons (Fsp3) is 0.185. The smallest absolute Gasteiger partial charge is 0.333 e. The van der Waals surface area contributed by atoms with Gasteiger partial charge in [0, 0.05) is 0 Å². The largest absolute Gasteiger partial charge is 0.478 e. The summed E-state index contributed by atoms with van der Waals surface area (Å²) in [5.41, 5.74) is 3.57. The summed E-state index contributed by atoms with van der Waals surface area (Å²) in [5, 5.41) is 19.2. The number of carboxylic acids is 1. The van der Waals surface area contributed by atoms with Crippen molar-refractivity contribution in [1.29, 1.82) is 5.26 Å². The van der Waals surface area contributed by atoms with Gasteiger partial charge >= 0.3 is 5.97 Å². The van der Waals surface area contributed by atoms with Gasteiger partial charge in [0.1, 0.15) is 0 Å². The highest BCUT2D eigenvalue weighted by molar-refractivity contribution is 7.89. The minimum Gasteiger partial charge on any atom is -0.478 e. The maximum Gasteiger partial charge on any atom is 0.333 e. The average molecular weight is 473 g/mol. The zero-order chi connectivity index (χ0) is 24.5. The van der Waals surface area contributed by atoms with Crippen LogP contribution in [0.5, 0.6) is 0 Å². The Kier molecular flexibility index (Phi) is 6.38. The van der Waals surface area contributed by atoms with Crippen LogP contribution in [0.25, 0.3) is 0 Å². The van der Waals surface area contributed by atoms with Crippen molar-refractivity contribution in [3.05, 3.63) is 112 Å². The Labute approximate surface area is 199 Å². The van der Waals surface area contributed by atoms with Crippen LogP contribution in [0.3, 0.4) is 0 Å². The number of carbonyl (C=O) groups is 1. The maximum absolute atomic E-state index is 14.1. The van der Waals surface area contributed by atoms with Crippen molar-refractivity contribution >= 4 is 16.0 Å². The van der Waals surface area contributed by atoms with Crippen molar-refractivity contribution in [2.24, 2.45) is 0 Å². The van der Waals surface area contributed by atoms with E-state index in [4.69, 9.17) is 0 Å². The van der Waals surface area contributed by atoms with Crippen molar-refractivity contribution in [3.63, 3.8) is 0 Å². The van der Waals surface area contributed by atoms with Crippen molar-refractivity contribution in [2.75, 3.05) is 0 Å². The summed E-state index contributed by atoms with van der Waals surface area (Å²) in [5.74, 6) is -1.16. The number of sulfonamides is 1. The van der Waals surface area contributed by atoms with Crippen LogP contribution in [0.1, 0.15) is 46.3 Å². The Morgan fingerprint density at radius 2 is 1.65 bits per heavy atom.